The molecule has 0 bridgehead atoms. The van der Waals surface area contributed by atoms with Gasteiger partial charge in [0.1, 0.15) is 5.75 Å². The molecule has 0 aromatic heterocycles. The maximum atomic E-state index is 10.2. The van der Waals surface area contributed by atoms with Gasteiger partial charge in [0.15, 0.2) is 0 Å². The van der Waals surface area contributed by atoms with Gasteiger partial charge in [-0.3, -0.25) is 0 Å². The molecule has 2 atom stereocenters. The van der Waals surface area contributed by atoms with E-state index in [1.54, 1.807) is 7.11 Å². The van der Waals surface area contributed by atoms with Crippen LogP contribution < -0.4 is 4.74 Å². The standard InChI is InChI=1S/C14H22O2/c1-6-9(2)13(15)12-7-10(3)14(16-5)11(4)8-12/h7-9,13,15H,6H2,1-5H3. The van der Waals surface area contributed by atoms with E-state index in [1.165, 1.54) is 0 Å². The Morgan fingerprint density at radius 2 is 1.75 bits per heavy atom. The van der Waals surface area contributed by atoms with Crippen LogP contribution in [0.3, 0.4) is 0 Å². The van der Waals surface area contributed by atoms with Crippen molar-refractivity contribution in [3.63, 3.8) is 0 Å². The minimum atomic E-state index is -0.381. The van der Waals surface area contributed by atoms with Gasteiger partial charge in [0.2, 0.25) is 0 Å². The van der Waals surface area contributed by atoms with Gasteiger partial charge in [-0.05, 0) is 48.6 Å². The van der Waals surface area contributed by atoms with Crippen LogP contribution in [0.4, 0.5) is 0 Å². The highest BCUT2D eigenvalue weighted by Crippen LogP contribution is 2.30. The van der Waals surface area contributed by atoms with Crippen molar-refractivity contribution >= 4 is 0 Å². The van der Waals surface area contributed by atoms with Gasteiger partial charge in [-0.25, -0.2) is 0 Å². The first-order valence-corrected chi connectivity index (χ1v) is 5.84. The number of ether oxygens (including phenoxy) is 1. The fourth-order valence-corrected chi connectivity index (χ4v) is 2.03. The van der Waals surface area contributed by atoms with E-state index in [0.717, 1.165) is 28.9 Å². The van der Waals surface area contributed by atoms with Gasteiger partial charge in [0, 0.05) is 0 Å². The smallest absolute Gasteiger partial charge is 0.124 e. The van der Waals surface area contributed by atoms with Gasteiger partial charge in [-0.1, -0.05) is 20.3 Å². The summed E-state index contributed by atoms with van der Waals surface area (Å²) in [6.45, 7) is 8.19. The van der Waals surface area contributed by atoms with Crippen molar-refractivity contribution in [2.45, 2.75) is 40.2 Å². The topological polar surface area (TPSA) is 29.5 Å². The van der Waals surface area contributed by atoms with E-state index in [9.17, 15) is 5.11 Å². The number of hydrogen-bond donors (Lipinski definition) is 1. The van der Waals surface area contributed by atoms with Crippen molar-refractivity contribution < 1.29 is 9.84 Å². The SMILES string of the molecule is CCC(C)C(O)c1cc(C)c(OC)c(C)c1. The lowest BCUT2D eigenvalue weighted by Crippen LogP contribution is -2.09. The largest absolute Gasteiger partial charge is 0.496 e. The third-order valence-electron chi connectivity index (χ3n) is 3.21. The summed E-state index contributed by atoms with van der Waals surface area (Å²) in [5.41, 5.74) is 3.16. The van der Waals surface area contributed by atoms with Crippen LogP contribution in [0, 0.1) is 19.8 Å². The van der Waals surface area contributed by atoms with Crippen LogP contribution in [-0.4, -0.2) is 12.2 Å². The number of aliphatic hydroxyl groups excluding tert-OH is 1. The zero-order chi connectivity index (χ0) is 12.3. The molecule has 1 aromatic carbocycles. The van der Waals surface area contributed by atoms with Crippen molar-refractivity contribution in [1.82, 2.24) is 0 Å². The summed E-state index contributed by atoms with van der Waals surface area (Å²) in [6, 6.07) is 4.03. The fraction of sp³-hybridized carbons (Fsp3) is 0.571. The van der Waals surface area contributed by atoms with Gasteiger partial charge in [-0.15, -0.1) is 0 Å². The highest BCUT2D eigenvalue weighted by atomic mass is 16.5. The second-order valence-corrected chi connectivity index (χ2v) is 4.52. The Hall–Kier alpha value is -1.02. The van der Waals surface area contributed by atoms with Crippen molar-refractivity contribution in [1.29, 1.82) is 0 Å². The molecule has 2 heteroatoms. The van der Waals surface area contributed by atoms with E-state index < -0.39 is 0 Å². The predicted octanol–water partition coefficient (Wildman–Crippen LogP) is 3.39. The normalized spacial score (nSPS) is 14.6. The fourth-order valence-electron chi connectivity index (χ4n) is 2.03. The molecule has 1 rings (SSSR count). The van der Waals surface area contributed by atoms with Crippen LogP contribution in [0.1, 0.15) is 43.1 Å². The van der Waals surface area contributed by atoms with E-state index >= 15 is 0 Å². The zero-order valence-electron chi connectivity index (χ0n) is 10.9. The molecule has 1 N–H and O–H groups in total. The highest BCUT2D eigenvalue weighted by Gasteiger charge is 2.16. The molecule has 0 spiro atoms. The molecule has 0 aliphatic heterocycles. The third-order valence-corrected chi connectivity index (χ3v) is 3.21. The molecule has 90 valence electrons. The summed E-state index contributed by atoms with van der Waals surface area (Å²) in [5, 5.41) is 10.2. The lowest BCUT2D eigenvalue weighted by Gasteiger charge is -2.20. The molecule has 0 saturated heterocycles. The van der Waals surface area contributed by atoms with Crippen molar-refractivity contribution in [2.24, 2.45) is 5.92 Å². The van der Waals surface area contributed by atoms with Crippen LogP contribution in [-0.2, 0) is 0 Å². The monoisotopic (exact) mass is 222 g/mol. The molecule has 2 unspecified atom stereocenters. The maximum Gasteiger partial charge on any atom is 0.124 e. The van der Waals surface area contributed by atoms with Crippen LogP contribution >= 0.6 is 0 Å². The molecule has 0 radical (unpaired) electrons. The summed E-state index contributed by atoms with van der Waals surface area (Å²) in [5.74, 6) is 1.20. The number of aryl methyl sites for hydroxylation is 2. The number of benzene rings is 1. The van der Waals surface area contributed by atoms with Crippen LogP contribution in [0.5, 0.6) is 5.75 Å². The quantitative estimate of drug-likeness (QED) is 0.846. The Labute approximate surface area is 98.3 Å². The average Bonchev–Trinajstić information content (AvgIpc) is 2.26. The Balaban J connectivity index is 3.08. The van der Waals surface area contributed by atoms with Gasteiger partial charge < -0.3 is 9.84 Å². The molecular weight excluding hydrogens is 200 g/mol. The molecule has 0 aliphatic carbocycles. The second kappa shape index (κ2) is 5.35. The number of methoxy groups -OCH3 is 1. The predicted molar refractivity (Wildman–Crippen MR) is 66.9 cm³/mol. The van der Waals surface area contributed by atoms with Crippen LogP contribution in [0.15, 0.2) is 12.1 Å². The Morgan fingerprint density at radius 1 is 1.25 bits per heavy atom. The van der Waals surface area contributed by atoms with E-state index in [2.05, 4.69) is 13.8 Å². The van der Waals surface area contributed by atoms with Gasteiger partial charge >= 0.3 is 0 Å². The molecule has 0 fully saturated rings. The van der Waals surface area contributed by atoms with Crippen molar-refractivity contribution in [3.8, 4) is 5.75 Å². The number of hydrogen-bond acceptors (Lipinski definition) is 2. The first kappa shape index (κ1) is 13.0. The molecule has 0 aliphatic rings. The molecular formula is C14H22O2. The highest BCUT2D eigenvalue weighted by molar-refractivity contribution is 5.44. The number of aliphatic hydroxyl groups is 1. The Bertz CT molecular complexity index is 335. The summed E-state index contributed by atoms with van der Waals surface area (Å²) in [4.78, 5) is 0. The van der Waals surface area contributed by atoms with Gasteiger partial charge in [0.05, 0.1) is 13.2 Å². The molecule has 0 amide bonds. The van der Waals surface area contributed by atoms with E-state index in [-0.39, 0.29) is 12.0 Å². The number of rotatable bonds is 4. The first-order valence-electron chi connectivity index (χ1n) is 5.84. The van der Waals surface area contributed by atoms with E-state index in [4.69, 9.17) is 4.74 Å². The average molecular weight is 222 g/mol. The lowest BCUT2D eigenvalue weighted by molar-refractivity contribution is 0.115. The van der Waals surface area contributed by atoms with Crippen LogP contribution in [0.25, 0.3) is 0 Å². The zero-order valence-corrected chi connectivity index (χ0v) is 10.9. The molecule has 0 saturated carbocycles. The van der Waals surface area contributed by atoms with Crippen molar-refractivity contribution in [3.05, 3.63) is 28.8 Å². The lowest BCUT2D eigenvalue weighted by atomic mass is 9.93. The molecule has 1 aromatic rings. The summed E-state index contributed by atoms with van der Waals surface area (Å²) < 4.78 is 5.32. The Morgan fingerprint density at radius 3 is 2.12 bits per heavy atom. The second-order valence-electron chi connectivity index (χ2n) is 4.52. The Kier molecular flexibility index (Phi) is 4.36. The van der Waals surface area contributed by atoms with E-state index in [1.807, 2.05) is 26.0 Å². The van der Waals surface area contributed by atoms with Crippen molar-refractivity contribution in [2.75, 3.05) is 7.11 Å². The first-order chi connectivity index (χ1) is 7.51. The minimum absolute atomic E-state index is 0.284. The molecule has 0 heterocycles. The summed E-state index contributed by atoms with van der Waals surface area (Å²) in [6.07, 6.45) is 0.596. The molecule has 2 nitrogen and oxygen atoms in total. The summed E-state index contributed by atoms with van der Waals surface area (Å²) >= 11 is 0. The molecule has 16 heavy (non-hydrogen) atoms. The minimum Gasteiger partial charge on any atom is -0.496 e. The van der Waals surface area contributed by atoms with Gasteiger partial charge in [-0.2, -0.15) is 0 Å². The van der Waals surface area contributed by atoms with Gasteiger partial charge in [0.25, 0.3) is 0 Å². The third kappa shape index (κ3) is 2.56. The maximum absolute atomic E-state index is 10.2. The summed E-state index contributed by atoms with van der Waals surface area (Å²) in [7, 11) is 1.68. The van der Waals surface area contributed by atoms with E-state index in [0.29, 0.717) is 0 Å². The van der Waals surface area contributed by atoms with Crippen LogP contribution in [0.2, 0.25) is 0 Å².